The fourth-order valence-corrected chi connectivity index (χ4v) is 3.74. The van der Waals surface area contributed by atoms with Crippen LogP contribution in [0.3, 0.4) is 0 Å². The summed E-state index contributed by atoms with van der Waals surface area (Å²) in [6, 6.07) is 6.49. The highest BCUT2D eigenvalue weighted by atomic mass is 32.2. The van der Waals surface area contributed by atoms with Gasteiger partial charge >= 0.3 is 0 Å². The van der Waals surface area contributed by atoms with Gasteiger partial charge in [0, 0.05) is 30.9 Å². The van der Waals surface area contributed by atoms with Gasteiger partial charge in [-0.3, -0.25) is 4.79 Å². The smallest absolute Gasteiger partial charge is 0.230 e. The largest absolute Gasteiger partial charge is 0.396 e. The van der Waals surface area contributed by atoms with Gasteiger partial charge in [-0.15, -0.1) is 11.8 Å². The number of amides is 1. The second kappa shape index (κ2) is 8.71. The van der Waals surface area contributed by atoms with Crippen LogP contribution in [0.2, 0.25) is 0 Å². The standard InChI is InChI=1S/C18H27NO3S/c1-14-7-15(2)9-16(8-14)10-23-11-17(21)19-12-18(13-20)3-5-22-6-4-18/h7-9,20H,3-6,10-13H2,1-2H3,(H,19,21). The monoisotopic (exact) mass is 337 g/mol. The van der Waals surface area contributed by atoms with Crippen molar-refractivity contribution in [2.75, 3.05) is 32.1 Å². The first-order chi connectivity index (χ1) is 11.0. The van der Waals surface area contributed by atoms with Crippen LogP contribution in [0.15, 0.2) is 18.2 Å². The lowest BCUT2D eigenvalue weighted by Gasteiger charge is -2.35. The zero-order valence-electron chi connectivity index (χ0n) is 14.1. The number of carbonyl (C=O) groups is 1. The van der Waals surface area contributed by atoms with E-state index in [-0.39, 0.29) is 17.9 Å². The molecule has 0 aliphatic carbocycles. The summed E-state index contributed by atoms with van der Waals surface area (Å²) in [5.74, 6) is 1.33. The van der Waals surface area contributed by atoms with Gasteiger partial charge in [0.15, 0.2) is 0 Å². The fraction of sp³-hybridized carbons (Fsp3) is 0.611. The number of thioether (sulfide) groups is 1. The van der Waals surface area contributed by atoms with Crippen molar-refractivity contribution in [2.24, 2.45) is 5.41 Å². The van der Waals surface area contributed by atoms with Crippen molar-refractivity contribution in [3.63, 3.8) is 0 Å². The van der Waals surface area contributed by atoms with Gasteiger partial charge in [-0.25, -0.2) is 0 Å². The number of aryl methyl sites for hydroxylation is 2. The quantitative estimate of drug-likeness (QED) is 0.802. The zero-order chi connectivity index (χ0) is 16.7. The van der Waals surface area contributed by atoms with Crippen molar-refractivity contribution in [1.82, 2.24) is 5.32 Å². The number of nitrogens with one attached hydrogen (secondary N) is 1. The molecule has 0 unspecified atom stereocenters. The minimum absolute atomic E-state index is 0.0405. The van der Waals surface area contributed by atoms with Gasteiger partial charge in [0.05, 0.1) is 12.4 Å². The van der Waals surface area contributed by atoms with Crippen LogP contribution < -0.4 is 5.32 Å². The first kappa shape index (κ1) is 18.3. The Morgan fingerprint density at radius 2 is 1.91 bits per heavy atom. The molecule has 1 aliphatic heterocycles. The van der Waals surface area contributed by atoms with E-state index in [1.54, 1.807) is 11.8 Å². The molecule has 128 valence electrons. The average molecular weight is 337 g/mol. The minimum Gasteiger partial charge on any atom is -0.396 e. The Morgan fingerprint density at radius 1 is 1.26 bits per heavy atom. The Balaban J connectivity index is 1.72. The number of rotatable bonds is 7. The van der Waals surface area contributed by atoms with Gasteiger partial charge in [-0.1, -0.05) is 29.3 Å². The molecule has 1 heterocycles. The minimum atomic E-state index is -0.202. The molecular formula is C18H27NO3S. The number of hydrogen-bond donors (Lipinski definition) is 2. The summed E-state index contributed by atoms with van der Waals surface area (Å²) in [5, 5.41) is 12.6. The van der Waals surface area contributed by atoms with Gasteiger partial charge in [0.1, 0.15) is 0 Å². The summed E-state index contributed by atoms with van der Waals surface area (Å²) in [5.41, 5.74) is 3.58. The van der Waals surface area contributed by atoms with E-state index in [1.165, 1.54) is 16.7 Å². The molecule has 0 radical (unpaired) electrons. The molecule has 1 aromatic rings. The lowest BCUT2D eigenvalue weighted by Crippen LogP contribution is -2.44. The highest BCUT2D eigenvalue weighted by Gasteiger charge is 2.32. The van der Waals surface area contributed by atoms with Gasteiger partial charge in [0.25, 0.3) is 0 Å². The van der Waals surface area contributed by atoms with Crippen LogP contribution in [0.5, 0.6) is 0 Å². The van der Waals surface area contributed by atoms with E-state index in [0.29, 0.717) is 25.5 Å². The maximum atomic E-state index is 12.0. The van der Waals surface area contributed by atoms with E-state index in [4.69, 9.17) is 4.74 Å². The van der Waals surface area contributed by atoms with E-state index in [9.17, 15) is 9.90 Å². The average Bonchev–Trinajstić information content (AvgIpc) is 2.53. The summed E-state index contributed by atoms with van der Waals surface area (Å²) >= 11 is 1.63. The Hall–Kier alpha value is -1.04. The van der Waals surface area contributed by atoms with E-state index < -0.39 is 0 Å². The summed E-state index contributed by atoms with van der Waals surface area (Å²) in [6.07, 6.45) is 1.61. The molecule has 1 fully saturated rings. The lowest BCUT2D eigenvalue weighted by molar-refractivity contribution is -0.119. The maximum absolute atomic E-state index is 12.0. The summed E-state index contributed by atoms with van der Waals surface area (Å²) < 4.78 is 5.34. The number of hydrogen-bond acceptors (Lipinski definition) is 4. The maximum Gasteiger partial charge on any atom is 0.230 e. The Bertz CT molecular complexity index is 507. The highest BCUT2D eigenvalue weighted by molar-refractivity contribution is 7.99. The Labute approximate surface area is 143 Å². The third-order valence-corrected chi connectivity index (χ3v) is 5.34. The van der Waals surface area contributed by atoms with Crippen molar-refractivity contribution < 1.29 is 14.6 Å². The first-order valence-corrected chi connectivity index (χ1v) is 9.29. The van der Waals surface area contributed by atoms with E-state index >= 15 is 0 Å². The van der Waals surface area contributed by atoms with E-state index in [1.807, 2.05) is 0 Å². The molecule has 4 nitrogen and oxygen atoms in total. The number of aliphatic hydroxyl groups excluding tert-OH is 1. The Kier molecular flexibility index (Phi) is 6.93. The van der Waals surface area contributed by atoms with Crippen LogP contribution in [0.25, 0.3) is 0 Å². The number of ether oxygens (including phenoxy) is 1. The lowest BCUT2D eigenvalue weighted by atomic mass is 9.81. The van der Waals surface area contributed by atoms with Crippen LogP contribution >= 0.6 is 11.8 Å². The van der Waals surface area contributed by atoms with Crippen molar-refractivity contribution in [2.45, 2.75) is 32.4 Å². The van der Waals surface area contributed by atoms with Crippen LogP contribution in [-0.2, 0) is 15.3 Å². The van der Waals surface area contributed by atoms with E-state index in [0.717, 1.165) is 18.6 Å². The molecule has 23 heavy (non-hydrogen) atoms. The molecule has 1 aliphatic rings. The summed E-state index contributed by atoms with van der Waals surface area (Å²) in [4.78, 5) is 12.0. The van der Waals surface area contributed by atoms with Gasteiger partial charge < -0.3 is 15.2 Å². The normalized spacial score (nSPS) is 17.0. The van der Waals surface area contributed by atoms with Crippen molar-refractivity contribution in [1.29, 1.82) is 0 Å². The third-order valence-electron chi connectivity index (χ3n) is 4.33. The molecule has 0 atom stereocenters. The summed E-state index contributed by atoms with van der Waals surface area (Å²) in [6.45, 7) is 6.16. The molecule has 2 rings (SSSR count). The number of carbonyl (C=O) groups excluding carboxylic acids is 1. The molecule has 2 N–H and O–H groups in total. The number of benzene rings is 1. The van der Waals surface area contributed by atoms with Crippen LogP contribution in [0, 0.1) is 19.3 Å². The third kappa shape index (κ3) is 5.83. The highest BCUT2D eigenvalue weighted by Crippen LogP contribution is 2.29. The molecule has 1 amide bonds. The van der Waals surface area contributed by atoms with Crippen LogP contribution in [-0.4, -0.2) is 43.1 Å². The number of aliphatic hydroxyl groups is 1. The van der Waals surface area contributed by atoms with Crippen LogP contribution in [0.1, 0.15) is 29.5 Å². The first-order valence-electron chi connectivity index (χ1n) is 8.13. The predicted molar refractivity (Wildman–Crippen MR) is 94.7 cm³/mol. The molecule has 5 heteroatoms. The predicted octanol–water partition coefficient (Wildman–Crippen LogP) is 2.44. The van der Waals surface area contributed by atoms with Gasteiger partial charge in [-0.2, -0.15) is 0 Å². The second-order valence-electron chi connectivity index (χ2n) is 6.54. The molecule has 0 aromatic heterocycles. The summed E-state index contributed by atoms with van der Waals surface area (Å²) in [7, 11) is 0. The molecule has 0 saturated carbocycles. The van der Waals surface area contributed by atoms with Crippen molar-refractivity contribution in [3.05, 3.63) is 34.9 Å². The van der Waals surface area contributed by atoms with E-state index in [2.05, 4.69) is 37.4 Å². The topological polar surface area (TPSA) is 58.6 Å². The molecule has 0 spiro atoms. The molecule has 1 aromatic carbocycles. The van der Waals surface area contributed by atoms with Crippen molar-refractivity contribution in [3.8, 4) is 0 Å². The molecular weight excluding hydrogens is 310 g/mol. The fourth-order valence-electron chi connectivity index (χ4n) is 2.95. The van der Waals surface area contributed by atoms with Crippen LogP contribution in [0.4, 0.5) is 0 Å². The second-order valence-corrected chi connectivity index (χ2v) is 7.52. The Morgan fingerprint density at radius 3 is 2.52 bits per heavy atom. The molecule has 0 bridgehead atoms. The van der Waals surface area contributed by atoms with Crippen molar-refractivity contribution >= 4 is 17.7 Å². The SMILES string of the molecule is Cc1cc(C)cc(CSCC(=O)NCC2(CO)CCOCC2)c1. The molecule has 1 saturated heterocycles. The van der Waals surface area contributed by atoms with Gasteiger partial charge in [-0.05, 0) is 32.3 Å². The van der Waals surface area contributed by atoms with Gasteiger partial charge in [0.2, 0.25) is 5.91 Å². The zero-order valence-corrected chi connectivity index (χ0v) is 14.9.